The molecule has 0 saturated carbocycles. The highest BCUT2D eigenvalue weighted by atomic mass is 35.5. The number of nitrogen functional groups attached to an aromatic ring is 1. The van der Waals surface area contributed by atoms with Gasteiger partial charge in [-0.05, 0) is 48.6 Å². The maximum Gasteiger partial charge on any atom is 0.0994 e. The van der Waals surface area contributed by atoms with Crippen LogP contribution in [0.3, 0.4) is 0 Å². The van der Waals surface area contributed by atoms with Gasteiger partial charge in [0.05, 0.1) is 28.5 Å². The minimum atomic E-state index is 0.455. The molecule has 2 rings (SSSR count). The van der Waals surface area contributed by atoms with Crippen molar-refractivity contribution in [1.82, 2.24) is 4.98 Å². The van der Waals surface area contributed by atoms with Crippen LogP contribution < -0.4 is 5.73 Å². The maximum atomic E-state index is 9.33. The first kappa shape index (κ1) is 17.1. The van der Waals surface area contributed by atoms with Gasteiger partial charge >= 0.3 is 0 Å². The number of aromatic nitrogens is 1. The molecule has 1 aromatic heterocycles. The van der Waals surface area contributed by atoms with Gasteiger partial charge in [-0.3, -0.25) is 4.98 Å². The van der Waals surface area contributed by atoms with E-state index in [0.29, 0.717) is 16.3 Å². The molecule has 0 unspecified atom stereocenters. The molecular weight excluding hydrogens is 306 g/mol. The van der Waals surface area contributed by atoms with E-state index in [9.17, 15) is 5.26 Å². The summed E-state index contributed by atoms with van der Waals surface area (Å²) in [4.78, 5) is 4.17. The molecule has 0 atom stereocenters. The lowest BCUT2D eigenvalue weighted by Gasteiger charge is -2.15. The standard InChI is InChI=1S/C19H20ClN3/c1-4-5-6-15(17-10-23-11-18(22)19(17)20)16-8-14(9-21)12(2)7-13(16)3/h6-8,10-11H,4-5,22H2,1-3H3/b15-6+. The molecule has 0 aliphatic heterocycles. The van der Waals surface area contributed by atoms with Gasteiger partial charge in [-0.1, -0.05) is 37.1 Å². The molecule has 0 aliphatic carbocycles. The molecule has 0 amide bonds. The smallest absolute Gasteiger partial charge is 0.0994 e. The van der Waals surface area contributed by atoms with E-state index in [-0.39, 0.29) is 0 Å². The van der Waals surface area contributed by atoms with Crippen LogP contribution in [0.2, 0.25) is 5.02 Å². The average Bonchev–Trinajstić information content (AvgIpc) is 2.53. The second-order valence-corrected chi connectivity index (χ2v) is 5.97. The molecule has 1 heterocycles. The van der Waals surface area contributed by atoms with Crippen LogP contribution in [0.25, 0.3) is 5.57 Å². The van der Waals surface area contributed by atoms with Crippen molar-refractivity contribution in [3.8, 4) is 6.07 Å². The van der Waals surface area contributed by atoms with Crippen molar-refractivity contribution < 1.29 is 0 Å². The molecule has 0 radical (unpaired) electrons. The number of nitriles is 1. The number of hydrogen-bond donors (Lipinski definition) is 1. The Morgan fingerprint density at radius 2 is 2.00 bits per heavy atom. The summed E-state index contributed by atoms with van der Waals surface area (Å²) >= 11 is 6.40. The molecular formula is C19H20ClN3. The highest BCUT2D eigenvalue weighted by molar-refractivity contribution is 6.35. The second kappa shape index (κ2) is 7.30. The predicted molar refractivity (Wildman–Crippen MR) is 96.3 cm³/mol. The third kappa shape index (κ3) is 3.55. The van der Waals surface area contributed by atoms with Gasteiger partial charge in [0, 0.05) is 11.8 Å². The van der Waals surface area contributed by atoms with Crippen LogP contribution >= 0.6 is 11.6 Å². The zero-order chi connectivity index (χ0) is 17.0. The summed E-state index contributed by atoms with van der Waals surface area (Å²) in [5.74, 6) is 0. The summed E-state index contributed by atoms with van der Waals surface area (Å²) in [5.41, 5.74) is 11.9. The fourth-order valence-corrected chi connectivity index (χ4v) is 2.76. The number of rotatable bonds is 4. The first-order valence-corrected chi connectivity index (χ1v) is 7.98. The Kier molecular flexibility index (Phi) is 5.41. The van der Waals surface area contributed by atoms with Crippen molar-refractivity contribution in [2.75, 3.05) is 5.73 Å². The van der Waals surface area contributed by atoms with Crippen molar-refractivity contribution in [3.05, 3.63) is 63.4 Å². The third-order valence-electron chi connectivity index (χ3n) is 3.82. The number of benzene rings is 1. The van der Waals surface area contributed by atoms with Gasteiger partial charge in [-0.25, -0.2) is 0 Å². The lowest BCUT2D eigenvalue weighted by atomic mass is 9.91. The summed E-state index contributed by atoms with van der Waals surface area (Å²) in [6, 6.07) is 6.20. The molecule has 118 valence electrons. The topological polar surface area (TPSA) is 62.7 Å². The first-order valence-electron chi connectivity index (χ1n) is 7.60. The minimum absolute atomic E-state index is 0.455. The second-order valence-electron chi connectivity index (χ2n) is 5.59. The number of pyridine rings is 1. The minimum Gasteiger partial charge on any atom is -0.396 e. The first-order chi connectivity index (χ1) is 11.0. The highest BCUT2D eigenvalue weighted by Crippen LogP contribution is 2.34. The van der Waals surface area contributed by atoms with Crippen LogP contribution in [0.15, 0.2) is 30.6 Å². The zero-order valence-corrected chi connectivity index (χ0v) is 14.4. The van der Waals surface area contributed by atoms with Gasteiger partial charge < -0.3 is 5.73 Å². The summed E-state index contributed by atoms with van der Waals surface area (Å²) in [5, 5.41) is 9.83. The maximum absolute atomic E-state index is 9.33. The van der Waals surface area contributed by atoms with Gasteiger partial charge in [0.15, 0.2) is 0 Å². The van der Waals surface area contributed by atoms with Crippen LogP contribution in [-0.4, -0.2) is 4.98 Å². The van der Waals surface area contributed by atoms with Crippen LogP contribution in [-0.2, 0) is 0 Å². The summed E-state index contributed by atoms with van der Waals surface area (Å²) in [6.07, 6.45) is 7.35. The number of allylic oxidation sites excluding steroid dienone is 1. The Balaban J connectivity index is 2.71. The Labute approximate surface area is 142 Å². The SMILES string of the molecule is CCC/C=C(\c1cc(C#N)c(C)cc1C)c1cncc(N)c1Cl. The molecule has 2 N–H and O–H groups in total. The van der Waals surface area contributed by atoms with Crippen molar-refractivity contribution in [3.63, 3.8) is 0 Å². The molecule has 0 spiro atoms. The fourth-order valence-electron chi connectivity index (χ4n) is 2.57. The lowest BCUT2D eigenvalue weighted by molar-refractivity contribution is 0.959. The van der Waals surface area contributed by atoms with Crippen LogP contribution in [0.4, 0.5) is 5.69 Å². The Morgan fingerprint density at radius 1 is 1.26 bits per heavy atom. The summed E-state index contributed by atoms with van der Waals surface area (Å²) in [6.45, 7) is 6.10. The van der Waals surface area contributed by atoms with Gasteiger partial charge in [0.2, 0.25) is 0 Å². The zero-order valence-electron chi connectivity index (χ0n) is 13.7. The highest BCUT2D eigenvalue weighted by Gasteiger charge is 2.15. The number of nitrogens with two attached hydrogens (primary N) is 1. The average molecular weight is 326 g/mol. The van der Waals surface area contributed by atoms with E-state index in [0.717, 1.165) is 40.7 Å². The van der Waals surface area contributed by atoms with E-state index in [4.69, 9.17) is 17.3 Å². The molecule has 4 heteroatoms. The molecule has 0 aliphatic rings. The third-order valence-corrected chi connectivity index (χ3v) is 4.24. The van der Waals surface area contributed by atoms with Crippen molar-refractivity contribution in [1.29, 1.82) is 5.26 Å². The molecule has 0 saturated heterocycles. The molecule has 0 fully saturated rings. The monoisotopic (exact) mass is 325 g/mol. The number of halogens is 1. The van der Waals surface area contributed by atoms with E-state index in [2.05, 4.69) is 24.1 Å². The Morgan fingerprint density at radius 3 is 2.65 bits per heavy atom. The molecule has 0 bridgehead atoms. The van der Waals surface area contributed by atoms with Gasteiger partial charge in [-0.15, -0.1) is 0 Å². The summed E-state index contributed by atoms with van der Waals surface area (Å²) in [7, 11) is 0. The predicted octanol–water partition coefficient (Wildman–Crippen LogP) is 5.04. The Bertz CT molecular complexity index is 801. The van der Waals surface area contributed by atoms with Gasteiger partial charge in [0.25, 0.3) is 0 Å². The number of nitrogens with zero attached hydrogens (tertiary/aromatic N) is 2. The van der Waals surface area contributed by atoms with E-state index in [1.807, 2.05) is 26.0 Å². The van der Waals surface area contributed by atoms with E-state index in [1.165, 1.54) is 0 Å². The van der Waals surface area contributed by atoms with Crippen LogP contribution in [0.5, 0.6) is 0 Å². The van der Waals surface area contributed by atoms with E-state index in [1.54, 1.807) is 12.4 Å². The van der Waals surface area contributed by atoms with Gasteiger partial charge in [0.1, 0.15) is 0 Å². The largest absolute Gasteiger partial charge is 0.396 e. The number of hydrogen-bond acceptors (Lipinski definition) is 3. The van der Waals surface area contributed by atoms with Crippen molar-refractivity contribution >= 4 is 22.9 Å². The van der Waals surface area contributed by atoms with Crippen LogP contribution in [0.1, 0.15) is 47.6 Å². The van der Waals surface area contributed by atoms with Crippen LogP contribution in [0, 0.1) is 25.2 Å². The molecule has 1 aromatic carbocycles. The summed E-state index contributed by atoms with van der Waals surface area (Å²) < 4.78 is 0. The van der Waals surface area contributed by atoms with Crippen molar-refractivity contribution in [2.24, 2.45) is 0 Å². The number of aryl methyl sites for hydroxylation is 2. The normalized spacial score (nSPS) is 11.3. The fraction of sp³-hybridized carbons (Fsp3) is 0.263. The number of unbranched alkanes of at least 4 members (excludes halogenated alkanes) is 1. The van der Waals surface area contributed by atoms with E-state index >= 15 is 0 Å². The quantitative estimate of drug-likeness (QED) is 0.856. The van der Waals surface area contributed by atoms with E-state index < -0.39 is 0 Å². The van der Waals surface area contributed by atoms with Crippen molar-refractivity contribution in [2.45, 2.75) is 33.6 Å². The molecule has 23 heavy (non-hydrogen) atoms. The number of anilines is 1. The molecule has 3 nitrogen and oxygen atoms in total. The van der Waals surface area contributed by atoms with Gasteiger partial charge in [-0.2, -0.15) is 5.26 Å². The lowest BCUT2D eigenvalue weighted by Crippen LogP contribution is -1.99. The Hall–Kier alpha value is -2.31. The molecule has 2 aromatic rings.